The second kappa shape index (κ2) is 5.08. The molecule has 1 aliphatic heterocycles. The van der Waals surface area contributed by atoms with Crippen LogP contribution >= 0.6 is 0 Å². The van der Waals surface area contributed by atoms with Gasteiger partial charge in [-0.05, 0) is 30.5 Å². The van der Waals surface area contributed by atoms with Gasteiger partial charge in [0.25, 0.3) is 0 Å². The van der Waals surface area contributed by atoms with E-state index >= 15 is 0 Å². The summed E-state index contributed by atoms with van der Waals surface area (Å²) in [6, 6.07) is 4.11. The molecule has 1 aliphatic rings. The van der Waals surface area contributed by atoms with Crippen LogP contribution in [0.25, 0.3) is 0 Å². The molecule has 0 bridgehead atoms. The van der Waals surface area contributed by atoms with Crippen LogP contribution in [0.2, 0.25) is 0 Å². The fourth-order valence-electron chi connectivity index (χ4n) is 1.76. The van der Waals surface area contributed by atoms with Gasteiger partial charge in [-0.15, -0.1) is 0 Å². The molecule has 0 atom stereocenters. The highest BCUT2D eigenvalue weighted by Crippen LogP contribution is 2.06. The zero-order valence-electron chi connectivity index (χ0n) is 8.45. The van der Waals surface area contributed by atoms with Gasteiger partial charge in [0.05, 0.1) is 0 Å². The van der Waals surface area contributed by atoms with E-state index in [-0.39, 0.29) is 0 Å². The molecule has 76 valence electrons. The van der Waals surface area contributed by atoms with Gasteiger partial charge < -0.3 is 0 Å². The fraction of sp³-hybridized carbons (Fsp3) is 0.545. The summed E-state index contributed by atoms with van der Waals surface area (Å²) in [5, 5.41) is 2.32. The zero-order chi connectivity index (χ0) is 9.64. The van der Waals surface area contributed by atoms with Gasteiger partial charge in [0.15, 0.2) is 0 Å². The van der Waals surface area contributed by atoms with Gasteiger partial charge in [-0.3, -0.25) is 10.4 Å². The third-order valence-electron chi connectivity index (χ3n) is 2.61. The Kier molecular flexibility index (Phi) is 3.49. The molecule has 2 heterocycles. The predicted octanol–water partition coefficient (Wildman–Crippen LogP) is 1.57. The Morgan fingerprint density at radius 3 is 2.57 bits per heavy atom. The van der Waals surface area contributed by atoms with Crippen molar-refractivity contribution in [2.24, 2.45) is 0 Å². The van der Waals surface area contributed by atoms with Crippen molar-refractivity contribution in [1.29, 1.82) is 0 Å². The van der Waals surface area contributed by atoms with Gasteiger partial charge in [0.2, 0.25) is 0 Å². The summed E-state index contributed by atoms with van der Waals surface area (Å²) in [4.78, 5) is 4.00. The molecule has 3 heteroatoms. The highest BCUT2D eigenvalue weighted by atomic mass is 15.5. The van der Waals surface area contributed by atoms with Crippen LogP contribution in [-0.2, 0) is 6.54 Å². The number of nitrogens with zero attached hydrogens (tertiary/aromatic N) is 2. The molecule has 0 aliphatic carbocycles. The third kappa shape index (κ3) is 2.79. The number of hydrogen-bond donors (Lipinski definition) is 1. The van der Waals surface area contributed by atoms with Crippen LogP contribution < -0.4 is 5.43 Å². The largest absolute Gasteiger partial charge is 0.265 e. The van der Waals surface area contributed by atoms with Crippen LogP contribution in [0.1, 0.15) is 24.8 Å². The number of aromatic nitrogens is 1. The Morgan fingerprint density at radius 1 is 1.14 bits per heavy atom. The smallest absolute Gasteiger partial charge is 0.0354 e. The molecule has 1 saturated heterocycles. The van der Waals surface area contributed by atoms with Crippen LogP contribution in [0.5, 0.6) is 0 Å². The average Bonchev–Trinajstić information content (AvgIpc) is 2.29. The molecule has 1 fully saturated rings. The predicted molar refractivity (Wildman–Crippen MR) is 56.5 cm³/mol. The van der Waals surface area contributed by atoms with Gasteiger partial charge >= 0.3 is 0 Å². The lowest BCUT2D eigenvalue weighted by molar-refractivity contribution is 0.151. The Labute approximate surface area is 85.1 Å². The normalized spacial score (nSPS) is 18.3. The van der Waals surface area contributed by atoms with E-state index in [1.54, 1.807) is 0 Å². The first kappa shape index (κ1) is 9.62. The zero-order valence-corrected chi connectivity index (χ0v) is 8.45. The van der Waals surface area contributed by atoms with E-state index in [0.717, 1.165) is 6.54 Å². The van der Waals surface area contributed by atoms with Crippen molar-refractivity contribution < 1.29 is 0 Å². The van der Waals surface area contributed by atoms with E-state index in [4.69, 9.17) is 0 Å². The Morgan fingerprint density at radius 2 is 1.86 bits per heavy atom. The number of piperidine rings is 1. The first-order chi connectivity index (χ1) is 6.95. The summed E-state index contributed by atoms with van der Waals surface area (Å²) in [5.74, 6) is 0. The maximum atomic E-state index is 4.00. The molecule has 1 N–H and O–H groups in total. The Balaban J connectivity index is 1.76. The summed E-state index contributed by atoms with van der Waals surface area (Å²) >= 11 is 0. The van der Waals surface area contributed by atoms with Crippen molar-refractivity contribution in [3.63, 3.8) is 0 Å². The van der Waals surface area contributed by atoms with Crippen molar-refractivity contribution in [2.75, 3.05) is 13.1 Å². The minimum atomic E-state index is 0.919. The van der Waals surface area contributed by atoms with Crippen molar-refractivity contribution >= 4 is 0 Å². The highest BCUT2D eigenvalue weighted by molar-refractivity contribution is 5.08. The van der Waals surface area contributed by atoms with Crippen molar-refractivity contribution in [3.8, 4) is 0 Å². The molecule has 0 radical (unpaired) electrons. The van der Waals surface area contributed by atoms with E-state index in [1.807, 2.05) is 12.4 Å². The quantitative estimate of drug-likeness (QED) is 0.786. The average molecular weight is 191 g/mol. The van der Waals surface area contributed by atoms with Gasteiger partial charge in [-0.25, -0.2) is 5.01 Å². The van der Waals surface area contributed by atoms with Crippen molar-refractivity contribution in [2.45, 2.75) is 25.8 Å². The maximum absolute atomic E-state index is 4.00. The summed E-state index contributed by atoms with van der Waals surface area (Å²) in [5.41, 5.74) is 4.74. The molecule has 2 rings (SSSR count). The summed E-state index contributed by atoms with van der Waals surface area (Å²) < 4.78 is 0. The number of pyridine rings is 1. The molecular formula is C11H17N3. The van der Waals surface area contributed by atoms with Gasteiger partial charge in [0.1, 0.15) is 0 Å². The minimum Gasteiger partial charge on any atom is -0.265 e. The lowest BCUT2D eigenvalue weighted by Crippen LogP contribution is -2.41. The van der Waals surface area contributed by atoms with Crippen LogP contribution in [-0.4, -0.2) is 23.1 Å². The summed E-state index contributed by atoms with van der Waals surface area (Å²) in [6.45, 7) is 3.29. The van der Waals surface area contributed by atoms with E-state index < -0.39 is 0 Å². The molecule has 0 spiro atoms. The molecule has 0 unspecified atom stereocenters. The minimum absolute atomic E-state index is 0.919. The maximum Gasteiger partial charge on any atom is 0.0354 e. The molecular weight excluding hydrogens is 174 g/mol. The number of rotatable bonds is 3. The second-order valence-corrected chi connectivity index (χ2v) is 3.74. The first-order valence-electron chi connectivity index (χ1n) is 5.32. The van der Waals surface area contributed by atoms with E-state index in [0.29, 0.717) is 0 Å². The molecule has 0 amide bonds. The van der Waals surface area contributed by atoms with E-state index in [9.17, 15) is 0 Å². The SMILES string of the molecule is c1cc(CNN2CCCCC2)ccn1. The fourth-order valence-corrected chi connectivity index (χ4v) is 1.76. The van der Waals surface area contributed by atoms with Gasteiger partial charge in [0, 0.05) is 32.0 Å². The van der Waals surface area contributed by atoms with Crippen LogP contribution in [0, 0.1) is 0 Å². The summed E-state index contributed by atoms with van der Waals surface area (Å²) in [7, 11) is 0. The van der Waals surface area contributed by atoms with Crippen LogP contribution in [0.3, 0.4) is 0 Å². The van der Waals surface area contributed by atoms with Crippen molar-refractivity contribution in [1.82, 2.24) is 15.4 Å². The Bertz CT molecular complexity index is 254. The molecule has 14 heavy (non-hydrogen) atoms. The molecule has 1 aromatic rings. The van der Waals surface area contributed by atoms with Gasteiger partial charge in [-0.1, -0.05) is 6.42 Å². The number of nitrogens with one attached hydrogen (secondary N) is 1. The standard InChI is InChI=1S/C11H17N3/c1-2-8-14(9-3-1)13-10-11-4-6-12-7-5-11/h4-7,13H,1-3,8-10H2. The number of hydrogen-bond acceptors (Lipinski definition) is 3. The molecule has 1 aromatic heterocycles. The lowest BCUT2D eigenvalue weighted by atomic mass is 10.2. The summed E-state index contributed by atoms with van der Waals surface area (Å²) in [6.07, 6.45) is 7.71. The number of hydrazine groups is 1. The van der Waals surface area contributed by atoms with Crippen LogP contribution in [0.4, 0.5) is 0 Å². The van der Waals surface area contributed by atoms with Crippen LogP contribution in [0.15, 0.2) is 24.5 Å². The topological polar surface area (TPSA) is 28.2 Å². The monoisotopic (exact) mass is 191 g/mol. The van der Waals surface area contributed by atoms with E-state index in [2.05, 4.69) is 27.6 Å². The third-order valence-corrected chi connectivity index (χ3v) is 2.61. The first-order valence-corrected chi connectivity index (χ1v) is 5.32. The molecule has 0 saturated carbocycles. The van der Waals surface area contributed by atoms with E-state index in [1.165, 1.54) is 37.9 Å². The molecule has 3 nitrogen and oxygen atoms in total. The molecule has 0 aromatic carbocycles. The Hall–Kier alpha value is -0.930. The van der Waals surface area contributed by atoms with Crippen molar-refractivity contribution in [3.05, 3.63) is 30.1 Å². The van der Waals surface area contributed by atoms with Gasteiger partial charge in [-0.2, -0.15) is 0 Å². The second-order valence-electron chi connectivity index (χ2n) is 3.74. The lowest BCUT2D eigenvalue weighted by Gasteiger charge is -2.27. The highest BCUT2D eigenvalue weighted by Gasteiger charge is 2.08.